The van der Waals surface area contributed by atoms with Crippen LogP contribution in [0.3, 0.4) is 0 Å². The van der Waals surface area contributed by atoms with Gasteiger partial charge in [-0.15, -0.1) is 0 Å². The Balaban J connectivity index is 0.000000229. The number of hydrogen-bond donors (Lipinski definition) is 1. The average molecular weight is 304 g/mol. The fourth-order valence-corrected chi connectivity index (χ4v) is 2.71. The number of hydrogen-bond acceptors (Lipinski definition) is 1. The summed E-state index contributed by atoms with van der Waals surface area (Å²) in [4.78, 5) is 0. The average Bonchev–Trinajstić information content (AvgIpc) is 2.46. The van der Waals surface area contributed by atoms with Crippen LogP contribution in [0.15, 0.2) is 66.7 Å². The summed E-state index contributed by atoms with van der Waals surface area (Å²) in [7, 11) is 0. The smallest absolute Gasteiger partial charge is 0.115 e. The van der Waals surface area contributed by atoms with Crippen LogP contribution >= 0.6 is 0 Å². The van der Waals surface area contributed by atoms with Crippen molar-refractivity contribution in [2.45, 2.75) is 27.7 Å². The van der Waals surface area contributed by atoms with Crippen molar-refractivity contribution in [3.63, 3.8) is 0 Å². The van der Waals surface area contributed by atoms with E-state index in [1.165, 1.54) is 33.4 Å². The van der Waals surface area contributed by atoms with Crippen LogP contribution in [0.25, 0.3) is 11.1 Å². The van der Waals surface area contributed by atoms with Crippen molar-refractivity contribution in [2.75, 3.05) is 0 Å². The van der Waals surface area contributed by atoms with Crippen LogP contribution in [-0.4, -0.2) is 5.11 Å². The largest absolute Gasteiger partial charge is 0.508 e. The van der Waals surface area contributed by atoms with Crippen LogP contribution in [-0.2, 0) is 0 Å². The minimum Gasteiger partial charge on any atom is -0.508 e. The Labute approximate surface area is 139 Å². The Kier molecular flexibility index (Phi) is 5.59. The molecule has 1 nitrogen and oxygen atoms in total. The van der Waals surface area contributed by atoms with Gasteiger partial charge in [0.25, 0.3) is 0 Å². The molecule has 0 aromatic heterocycles. The molecule has 0 bridgehead atoms. The first-order chi connectivity index (χ1) is 10.9. The van der Waals surface area contributed by atoms with Crippen molar-refractivity contribution in [2.24, 2.45) is 0 Å². The van der Waals surface area contributed by atoms with Gasteiger partial charge in [-0.1, -0.05) is 76.9 Å². The summed E-state index contributed by atoms with van der Waals surface area (Å²) in [5, 5.41) is 8.63. The Morgan fingerprint density at radius 3 is 1.13 bits per heavy atom. The molecule has 0 atom stereocenters. The summed E-state index contributed by atoms with van der Waals surface area (Å²) >= 11 is 0. The molecule has 3 aromatic carbocycles. The molecule has 0 saturated heterocycles. The molecule has 1 heteroatoms. The summed E-state index contributed by atoms with van der Waals surface area (Å²) in [5.74, 6) is 0.322. The van der Waals surface area contributed by atoms with Gasteiger partial charge in [-0.05, 0) is 51.0 Å². The molecule has 0 radical (unpaired) electrons. The monoisotopic (exact) mass is 304 g/mol. The summed E-state index contributed by atoms with van der Waals surface area (Å²) in [6.07, 6.45) is 0. The van der Waals surface area contributed by atoms with E-state index in [9.17, 15) is 0 Å². The van der Waals surface area contributed by atoms with Crippen molar-refractivity contribution in [1.82, 2.24) is 0 Å². The third kappa shape index (κ3) is 5.30. The van der Waals surface area contributed by atoms with Gasteiger partial charge in [-0.2, -0.15) is 0 Å². The standard InChI is InChI=1S/C16H18.C6H6O/c1-11-5-12(2)8-15(7-11)16-9-13(3)6-14(4)10-16;7-6-4-2-1-3-5-6/h5-10H,1-4H3;1-5,7H. The highest BCUT2D eigenvalue weighted by Gasteiger charge is 2.01. The van der Waals surface area contributed by atoms with Crippen LogP contribution in [0.1, 0.15) is 22.3 Å². The zero-order valence-electron chi connectivity index (χ0n) is 14.3. The molecule has 1 N–H and O–H groups in total. The second-order valence-corrected chi connectivity index (χ2v) is 6.09. The first-order valence-corrected chi connectivity index (χ1v) is 7.85. The van der Waals surface area contributed by atoms with Gasteiger partial charge in [0, 0.05) is 0 Å². The van der Waals surface area contributed by atoms with E-state index in [2.05, 4.69) is 64.1 Å². The van der Waals surface area contributed by atoms with Gasteiger partial charge in [0.05, 0.1) is 0 Å². The van der Waals surface area contributed by atoms with E-state index in [0.717, 1.165) is 0 Å². The Bertz CT molecular complexity index is 683. The Hall–Kier alpha value is -2.54. The van der Waals surface area contributed by atoms with Gasteiger partial charge >= 0.3 is 0 Å². The number of benzene rings is 3. The molecule has 118 valence electrons. The maximum Gasteiger partial charge on any atom is 0.115 e. The predicted molar refractivity (Wildman–Crippen MR) is 98.9 cm³/mol. The van der Waals surface area contributed by atoms with Crippen LogP contribution in [0, 0.1) is 27.7 Å². The number of rotatable bonds is 1. The lowest BCUT2D eigenvalue weighted by Crippen LogP contribution is -1.85. The van der Waals surface area contributed by atoms with Gasteiger partial charge in [0.1, 0.15) is 5.75 Å². The van der Waals surface area contributed by atoms with Crippen molar-refractivity contribution in [3.05, 3.63) is 89.0 Å². The topological polar surface area (TPSA) is 20.2 Å². The highest BCUT2D eigenvalue weighted by atomic mass is 16.3. The van der Waals surface area contributed by atoms with E-state index >= 15 is 0 Å². The molecule has 3 rings (SSSR count). The first-order valence-electron chi connectivity index (χ1n) is 7.85. The van der Waals surface area contributed by atoms with Crippen molar-refractivity contribution >= 4 is 0 Å². The third-order valence-electron chi connectivity index (χ3n) is 3.53. The quantitative estimate of drug-likeness (QED) is 0.586. The number of phenolic OH excluding ortho intramolecular Hbond substituents is 1. The lowest BCUT2D eigenvalue weighted by molar-refractivity contribution is 0.475. The third-order valence-corrected chi connectivity index (χ3v) is 3.53. The molecule has 23 heavy (non-hydrogen) atoms. The molecule has 0 aliphatic heterocycles. The van der Waals surface area contributed by atoms with Crippen LogP contribution < -0.4 is 0 Å². The molecule has 0 fully saturated rings. The lowest BCUT2D eigenvalue weighted by Gasteiger charge is -2.07. The zero-order valence-corrected chi connectivity index (χ0v) is 14.3. The van der Waals surface area contributed by atoms with Gasteiger partial charge in [-0.25, -0.2) is 0 Å². The van der Waals surface area contributed by atoms with E-state index in [0.29, 0.717) is 5.75 Å². The fourth-order valence-electron chi connectivity index (χ4n) is 2.71. The molecule has 0 heterocycles. The van der Waals surface area contributed by atoms with E-state index in [-0.39, 0.29) is 0 Å². The van der Waals surface area contributed by atoms with Crippen molar-refractivity contribution in [3.8, 4) is 16.9 Å². The maximum atomic E-state index is 8.63. The van der Waals surface area contributed by atoms with Crippen LogP contribution in [0.2, 0.25) is 0 Å². The number of para-hydroxylation sites is 1. The molecule has 3 aromatic rings. The van der Waals surface area contributed by atoms with E-state index in [1.807, 2.05) is 6.07 Å². The number of aromatic hydroxyl groups is 1. The van der Waals surface area contributed by atoms with Gasteiger partial charge < -0.3 is 5.11 Å². The Morgan fingerprint density at radius 2 is 0.870 bits per heavy atom. The first kappa shape index (κ1) is 16.8. The summed E-state index contributed by atoms with van der Waals surface area (Å²) in [6, 6.07) is 22.1. The van der Waals surface area contributed by atoms with E-state index < -0.39 is 0 Å². The second kappa shape index (κ2) is 7.64. The normalized spacial score (nSPS) is 9.91. The highest BCUT2D eigenvalue weighted by molar-refractivity contribution is 5.66. The van der Waals surface area contributed by atoms with Crippen LogP contribution in [0.5, 0.6) is 5.75 Å². The fraction of sp³-hybridized carbons (Fsp3) is 0.182. The molecule has 0 amide bonds. The number of phenols is 1. The lowest BCUT2D eigenvalue weighted by atomic mass is 9.98. The SMILES string of the molecule is Cc1cc(C)cc(-c2cc(C)cc(C)c2)c1.Oc1ccccc1. The maximum absolute atomic E-state index is 8.63. The Morgan fingerprint density at radius 1 is 0.522 bits per heavy atom. The van der Waals surface area contributed by atoms with Gasteiger partial charge in [0.2, 0.25) is 0 Å². The highest BCUT2D eigenvalue weighted by Crippen LogP contribution is 2.24. The molecular formula is C22H24O. The number of aryl methyl sites for hydroxylation is 4. The second-order valence-electron chi connectivity index (χ2n) is 6.09. The molecule has 0 saturated carbocycles. The van der Waals surface area contributed by atoms with Crippen LogP contribution in [0.4, 0.5) is 0 Å². The van der Waals surface area contributed by atoms with Crippen molar-refractivity contribution < 1.29 is 5.11 Å². The molecule has 0 unspecified atom stereocenters. The van der Waals surface area contributed by atoms with Gasteiger partial charge in [-0.3, -0.25) is 0 Å². The van der Waals surface area contributed by atoms with Crippen molar-refractivity contribution in [1.29, 1.82) is 0 Å². The molecular weight excluding hydrogens is 280 g/mol. The predicted octanol–water partition coefficient (Wildman–Crippen LogP) is 5.98. The van der Waals surface area contributed by atoms with E-state index in [1.54, 1.807) is 24.3 Å². The minimum absolute atomic E-state index is 0.322. The molecule has 0 spiro atoms. The van der Waals surface area contributed by atoms with E-state index in [4.69, 9.17) is 5.11 Å². The molecule has 0 aliphatic rings. The summed E-state index contributed by atoms with van der Waals surface area (Å²) in [5.41, 5.74) is 7.96. The summed E-state index contributed by atoms with van der Waals surface area (Å²) < 4.78 is 0. The zero-order chi connectivity index (χ0) is 16.8. The molecule has 0 aliphatic carbocycles. The minimum atomic E-state index is 0.322. The summed E-state index contributed by atoms with van der Waals surface area (Å²) in [6.45, 7) is 8.61. The van der Waals surface area contributed by atoms with Gasteiger partial charge in [0.15, 0.2) is 0 Å².